The van der Waals surface area contributed by atoms with Crippen LogP contribution >= 0.6 is 0 Å². The standard InChI is InChI=1S/C26H28N2O3/c29-17-23-26(21-12-10-19(11-13-21)7-6-18-4-2-1-3-5-18)22-15-27(16-25(31)28(22)23)24(30)14-20-8-9-20/h1-7,10-13,20,22-23,26,29H,8-9,14-17H2/b7-6+/t22-,23+,26-/m0/s1. The SMILES string of the molecule is O=C(CC1CC1)N1CC(=O)N2[C@H](CO)[C@@H](c3ccc(/C=C/c4ccccc4)cc3)[C@@H]2C1. The number of aliphatic hydroxyl groups is 1. The second-order valence-electron chi connectivity index (χ2n) is 8.98. The zero-order chi connectivity index (χ0) is 21.4. The average Bonchev–Trinajstić information content (AvgIpc) is 3.59. The fourth-order valence-electron chi connectivity index (χ4n) is 4.97. The maximum Gasteiger partial charge on any atom is 0.242 e. The molecule has 0 aromatic heterocycles. The van der Waals surface area contributed by atoms with E-state index in [9.17, 15) is 14.7 Å². The summed E-state index contributed by atoms with van der Waals surface area (Å²) >= 11 is 0. The Labute approximate surface area is 183 Å². The summed E-state index contributed by atoms with van der Waals surface area (Å²) < 4.78 is 0. The Balaban J connectivity index is 1.30. The molecule has 1 N–H and O–H groups in total. The van der Waals surface area contributed by atoms with Crippen molar-refractivity contribution in [1.82, 2.24) is 9.80 Å². The molecule has 5 rings (SSSR count). The summed E-state index contributed by atoms with van der Waals surface area (Å²) in [6, 6.07) is 18.2. The first kappa shape index (κ1) is 20.0. The minimum atomic E-state index is -0.205. The second kappa shape index (κ2) is 8.31. The highest BCUT2D eigenvalue weighted by Gasteiger charge is 2.54. The molecule has 160 valence electrons. The summed E-state index contributed by atoms with van der Waals surface area (Å²) in [5.74, 6) is 0.623. The average molecular weight is 417 g/mol. The molecule has 5 nitrogen and oxygen atoms in total. The van der Waals surface area contributed by atoms with Gasteiger partial charge in [-0.2, -0.15) is 0 Å². The minimum absolute atomic E-state index is 0.0434. The number of piperazine rings is 1. The van der Waals surface area contributed by atoms with Crippen molar-refractivity contribution in [3.63, 3.8) is 0 Å². The maximum absolute atomic E-state index is 12.7. The number of carbonyl (C=O) groups is 2. The lowest BCUT2D eigenvalue weighted by Gasteiger charge is -2.58. The first-order chi connectivity index (χ1) is 15.1. The Morgan fingerprint density at radius 3 is 2.32 bits per heavy atom. The van der Waals surface area contributed by atoms with E-state index in [1.54, 1.807) is 9.80 Å². The van der Waals surface area contributed by atoms with Crippen LogP contribution in [0.1, 0.15) is 41.9 Å². The number of hydrogen-bond acceptors (Lipinski definition) is 3. The summed E-state index contributed by atoms with van der Waals surface area (Å²) in [6.45, 7) is 0.654. The van der Waals surface area contributed by atoms with Gasteiger partial charge in [0, 0.05) is 18.9 Å². The second-order valence-corrected chi connectivity index (χ2v) is 8.98. The van der Waals surface area contributed by atoms with Gasteiger partial charge in [0.2, 0.25) is 11.8 Å². The van der Waals surface area contributed by atoms with E-state index in [1.165, 1.54) is 0 Å². The highest BCUT2D eigenvalue weighted by Crippen LogP contribution is 2.43. The maximum atomic E-state index is 12.7. The Kier molecular flexibility index (Phi) is 5.36. The van der Waals surface area contributed by atoms with Crippen molar-refractivity contribution < 1.29 is 14.7 Å². The fraction of sp³-hybridized carbons (Fsp3) is 0.385. The van der Waals surface area contributed by atoms with E-state index in [2.05, 4.69) is 48.6 Å². The van der Waals surface area contributed by atoms with Crippen LogP contribution in [0.25, 0.3) is 12.2 Å². The number of nitrogens with zero attached hydrogens (tertiary/aromatic N) is 2. The molecule has 2 aromatic carbocycles. The topological polar surface area (TPSA) is 60.9 Å². The molecule has 0 radical (unpaired) electrons. The highest BCUT2D eigenvalue weighted by atomic mass is 16.3. The largest absolute Gasteiger partial charge is 0.394 e. The van der Waals surface area contributed by atoms with Gasteiger partial charge in [-0.1, -0.05) is 66.7 Å². The van der Waals surface area contributed by atoms with Crippen molar-refractivity contribution in [1.29, 1.82) is 0 Å². The fourth-order valence-corrected chi connectivity index (χ4v) is 4.97. The van der Waals surface area contributed by atoms with Gasteiger partial charge in [0.25, 0.3) is 0 Å². The molecule has 0 bridgehead atoms. The van der Waals surface area contributed by atoms with Crippen LogP contribution in [0.3, 0.4) is 0 Å². The van der Waals surface area contributed by atoms with Crippen molar-refractivity contribution in [3.8, 4) is 0 Å². The highest BCUT2D eigenvalue weighted by molar-refractivity contribution is 5.88. The van der Waals surface area contributed by atoms with Gasteiger partial charge in [-0.15, -0.1) is 0 Å². The molecule has 3 aliphatic rings. The van der Waals surface area contributed by atoms with Gasteiger partial charge in [0.05, 0.1) is 25.2 Å². The first-order valence-electron chi connectivity index (χ1n) is 11.2. The molecule has 2 heterocycles. The van der Waals surface area contributed by atoms with Crippen LogP contribution in [0.5, 0.6) is 0 Å². The summed E-state index contributed by atoms with van der Waals surface area (Å²) in [6.07, 6.45) is 6.99. The molecule has 3 fully saturated rings. The predicted molar refractivity (Wildman–Crippen MR) is 120 cm³/mol. The van der Waals surface area contributed by atoms with Crippen LogP contribution in [0, 0.1) is 5.92 Å². The van der Waals surface area contributed by atoms with Crippen LogP contribution in [-0.4, -0.2) is 58.5 Å². The molecule has 0 unspecified atom stereocenters. The lowest BCUT2D eigenvalue weighted by atomic mass is 9.73. The molecule has 2 amide bonds. The summed E-state index contributed by atoms with van der Waals surface area (Å²) in [5, 5.41) is 9.96. The van der Waals surface area contributed by atoms with Crippen molar-refractivity contribution >= 4 is 24.0 Å². The lowest BCUT2D eigenvalue weighted by molar-refractivity contribution is -0.167. The molecule has 2 saturated heterocycles. The van der Waals surface area contributed by atoms with E-state index in [0.29, 0.717) is 18.9 Å². The van der Waals surface area contributed by atoms with Crippen LogP contribution in [0.2, 0.25) is 0 Å². The van der Waals surface area contributed by atoms with Gasteiger partial charge >= 0.3 is 0 Å². The lowest BCUT2D eigenvalue weighted by Crippen LogP contribution is -2.73. The van der Waals surface area contributed by atoms with Crippen molar-refractivity contribution in [3.05, 3.63) is 71.3 Å². The molecule has 31 heavy (non-hydrogen) atoms. The van der Waals surface area contributed by atoms with Crippen molar-refractivity contribution in [2.24, 2.45) is 5.92 Å². The number of rotatable bonds is 6. The molecule has 5 heteroatoms. The third kappa shape index (κ3) is 4.02. The number of benzene rings is 2. The van der Waals surface area contributed by atoms with Gasteiger partial charge in [-0.05, 0) is 35.4 Å². The summed E-state index contributed by atoms with van der Waals surface area (Å²) in [4.78, 5) is 28.8. The molecule has 3 atom stereocenters. The van der Waals surface area contributed by atoms with E-state index >= 15 is 0 Å². The zero-order valence-electron chi connectivity index (χ0n) is 17.6. The monoisotopic (exact) mass is 416 g/mol. The Hall–Kier alpha value is -2.92. The van der Waals surface area contributed by atoms with Gasteiger partial charge < -0.3 is 14.9 Å². The minimum Gasteiger partial charge on any atom is -0.394 e. The Morgan fingerprint density at radius 2 is 1.68 bits per heavy atom. The molecule has 2 aliphatic heterocycles. The van der Waals surface area contributed by atoms with E-state index < -0.39 is 0 Å². The number of fused-ring (bicyclic) bond motifs is 1. The smallest absolute Gasteiger partial charge is 0.242 e. The molecule has 1 aliphatic carbocycles. The molecule has 2 aromatic rings. The van der Waals surface area contributed by atoms with Crippen molar-refractivity contribution in [2.75, 3.05) is 19.7 Å². The van der Waals surface area contributed by atoms with Gasteiger partial charge in [-0.3, -0.25) is 9.59 Å². The van der Waals surface area contributed by atoms with E-state index in [1.807, 2.05) is 18.2 Å². The third-order valence-electron chi connectivity index (χ3n) is 6.85. The quantitative estimate of drug-likeness (QED) is 0.736. The van der Waals surface area contributed by atoms with Crippen LogP contribution in [0.4, 0.5) is 0 Å². The third-order valence-corrected chi connectivity index (χ3v) is 6.85. The van der Waals surface area contributed by atoms with Crippen LogP contribution in [-0.2, 0) is 9.59 Å². The van der Waals surface area contributed by atoms with Crippen molar-refractivity contribution in [2.45, 2.75) is 37.3 Å². The Morgan fingerprint density at radius 1 is 1.00 bits per heavy atom. The number of amides is 2. The first-order valence-corrected chi connectivity index (χ1v) is 11.2. The van der Waals surface area contributed by atoms with Gasteiger partial charge in [0.15, 0.2) is 0 Å². The molecule has 0 spiro atoms. The number of aliphatic hydroxyl groups excluding tert-OH is 1. The molecule has 1 saturated carbocycles. The number of hydrogen-bond donors (Lipinski definition) is 1. The number of carbonyl (C=O) groups excluding carboxylic acids is 2. The predicted octanol–water partition coefficient (Wildman–Crippen LogP) is 3.15. The molecular weight excluding hydrogens is 388 g/mol. The van der Waals surface area contributed by atoms with E-state index in [0.717, 1.165) is 29.5 Å². The van der Waals surface area contributed by atoms with Crippen LogP contribution in [0.15, 0.2) is 54.6 Å². The van der Waals surface area contributed by atoms with Gasteiger partial charge in [0.1, 0.15) is 0 Å². The summed E-state index contributed by atoms with van der Waals surface area (Å²) in [5.41, 5.74) is 3.37. The van der Waals surface area contributed by atoms with Crippen LogP contribution < -0.4 is 0 Å². The normalized spacial score (nSPS) is 25.5. The molecular formula is C26H28N2O3. The summed E-state index contributed by atoms with van der Waals surface area (Å²) in [7, 11) is 0. The van der Waals surface area contributed by atoms with E-state index in [4.69, 9.17) is 0 Å². The zero-order valence-corrected chi connectivity index (χ0v) is 17.6. The van der Waals surface area contributed by atoms with E-state index in [-0.39, 0.29) is 43.0 Å². The Bertz CT molecular complexity index is 981. The van der Waals surface area contributed by atoms with Gasteiger partial charge in [-0.25, -0.2) is 0 Å².